The Bertz CT molecular complexity index is 930. The molecule has 4 saturated carbocycles. The zero-order valence-electron chi connectivity index (χ0n) is 24.4. The molecule has 2 N–H and O–H groups in total. The minimum absolute atomic E-state index is 0.526. The predicted octanol–water partition coefficient (Wildman–Crippen LogP) is 9.57. The van der Waals surface area contributed by atoms with Crippen molar-refractivity contribution in [2.24, 2.45) is 64.1 Å². The number of nitrogen functional groups attached to an aromatic ring is 1. The molecular weight excluding hydrogens is 434 g/mol. The van der Waals surface area contributed by atoms with E-state index in [0.29, 0.717) is 10.8 Å². The van der Waals surface area contributed by atoms with Crippen LogP contribution < -0.4 is 5.73 Å². The molecule has 0 aliphatic heterocycles. The molecule has 1 aromatic carbocycles. The van der Waals surface area contributed by atoms with E-state index in [4.69, 9.17) is 5.73 Å². The van der Waals surface area contributed by atoms with Crippen LogP contribution in [0.2, 0.25) is 0 Å². The highest BCUT2D eigenvalue weighted by Gasteiger charge is 2.64. The fourth-order valence-electron chi connectivity index (χ4n) is 10.8. The van der Waals surface area contributed by atoms with Crippen LogP contribution in [0.15, 0.2) is 36.4 Å². The Morgan fingerprint density at radius 1 is 1.00 bits per heavy atom. The van der Waals surface area contributed by atoms with Gasteiger partial charge in [-0.25, -0.2) is 0 Å². The first-order valence-corrected chi connectivity index (χ1v) is 15.5. The number of benzene rings is 1. The van der Waals surface area contributed by atoms with Gasteiger partial charge in [-0.1, -0.05) is 72.2 Å². The molecule has 1 aromatic rings. The number of hydrogen-bond acceptors (Lipinski definition) is 1. The lowest BCUT2D eigenvalue weighted by Gasteiger charge is -2.65. The maximum atomic E-state index is 5.87. The molecule has 0 radical (unpaired) electrons. The summed E-state index contributed by atoms with van der Waals surface area (Å²) in [6.45, 7) is 20.4. The van der Waals surface area contributed by atoms with Crippen LogP contribution in [0.3, 0.4) is 0 Å². The van der Waals surface area contributed by atoms with Crippen molar-refractivity contribution >= 4 is 5.69 Å². The molecule has 0 amide bonds. The van der Waals surface area contributed by atoms with Crippen LogP contribution >= 0.6 is 0 Å². The largest absolute Gasteiger partial charge is 0.399 e. The Morgan fingerprint density at radius 2 is 1.72 bits per heavy atom. The van der Waals surface area contributed by atoms with E-state index in [1.165, 1.54) is 62.5 Å². The van der Waals surface area contributed by atoms with Crippen molar-refractivity contribution in [3.05, 3.63) is 42.0 Å². The van der Waals surface area contributed by atoms with Gasteiger partial charge in [-0.05, 0) is 140 Å². The lowest BCUT2D eigenvalue weighted by Crippen LogP contribution is -2.58. The first-order chi connectivity index (χ1) is 17.0. The van der Waals surface area contributed by atoms with Crippen LogP contribution in [0.1, 0.15) is 105 Å². The van der Waals surface area contributed by atoms with Crippen LogP contribution in [-0.2, 0) is 6.42 Å². The molecule has 0 aromatic heterocycles. The summed E-state index contributed by atoms with van der Waals surface area (Å²) in [5.41, 5.74) is 10.6. The zero-order chi connectivity index (χ0) is 25.8. The van der Waals surface area contributed by atoms with E-state index >= 15 is 0 Å². The third kappa shape index (κ3) is 4.39. The molecule has 4 aliphatic carbocycles. The molecule has 11 atom stereocenters. The smallest absolute Gasteiger partial charge is 0.0314 e. The van der Waals surface area contributed by atoms with Crippen LogP contribution in [0.4, 0.5) is 5.69 Å². The maximum Gasteiger partial charge on any atom is 0.0314 e. The number of fused-ring (bicyclic) bond motifs is 5. The summed E-state index contributed by atoms with van der Waals surface area (Å²) in [6, 6.07) is 8.36. The summed E-state index contributed by atoms with van der Waals surface area (Å²) in [6.07, 6.45) is 13.9. The molecule has 1 heteroatoms. The summed E-state index contributed by atoms with van der Waals surface area (Å²) in [5.74, 6) is 8.28. The monoisotopic (exact) mass is 489 g/mol. The third-order valence-electron chi connectivity index (χ3n) is 13.0. The topological polar surface area (TPSA) is 26.0 Å². The molecule has 36 heavy (non-hydrogen) atoms. The number of hydrogen-bond donors (Lipinski definition) is 1. The van der Waals surface area contributed by atoms with Crippen LogP contribution in [0, 0.1) is 64.1 Å². The number of rotatable bonds is 6. The number of allylic oxidation sites excluding steroid dienone is 1. The summed E-state index contributed by atoms with van der Waals surface area (Å²) >= 11 is 0. The molecule has 0 heterocycles. The summed E-state index contributed by atoms with van der Waals surface area (Å²) in [7, 11) is 0. The summed E-state index contributed by atoms with van der Waals surface area (Å²) in [4.78, 5) is 0. The van der Waals surface area contributed by atoms with Crippen LogP contribution in [-0.4, -0.2) is 0 Å². The number of nitrogens with two attached hydrogens (primary N) is 1. The van der Waals surface area contributed by atoms with Crippen LogP contribution in [0.25, 0.3) is 0 Å². The van der Waals surface area contributed by atoms with Crippen molar-refractivity contribution in [2.75, 3.05) is 5.73 Å². The fourth-order valence-corrected chi connectivity index (χ4v) is 10.8. The Labute approximate surface area is 223 Å². The van der Waals surface area contributed by atoms with Gasteiger partial charge in [0.2, 0.25) is 0 Å². The molecule has 1 nitrogen and oxygen atoms in total. The molecular formula is C35H55N. The van der Waals surface area contributed by atoms with Gasteiger partial charge >= 0.3 is 0 Å². The van der Waals surface area contributed by atoms with E-state index in [2.05, 4.69) is 60.3 Å². The Morgan fingerprint density at radius 3 is 2.44 bits per heavy atom. The molecule has 4 aliphatic rings. The van der Waals surface area contributed by atoms with Gasteiger partial charge in [0.15, 0.2) is 0 Å². The predicted molar refractivity (Wildman–Crippen MR) is 156 cm³/mol. The van der Waals surface area contributed by atoms with Gasteiger partial charge in [0.25, 0.3) is 0 Å². The standard InChI is InChI=1S/C35H55N/c1-22(18-27-10-12-29(36)13-11-27)8-9-24(3)30-14-15-31-33-25(4)20-28-19-23(2)16-17-34(28,6)32(33)21-26(5)35(30,31)7/h10-13,23-26,28,30-33H,1,8-9,14-21,36H2,2-7H3. The van der Waals surface area contributed by atoms with E-state index in [-0.39, 0.29) is 0 Å². The molecule has 0 spiro atoms. The molecule has 5 rings (SSSR count). The van der Waals surface area contributed by atoms with Gasteiger partial charge in [0, 0.05) is 5.69 Å². The molecule has 11 unspecified atom stereocenters. The van der Waals surface area contributed by atoms with E-state index in [1.807, 2.05) is 12.1 Å². The highest BCUT2D eigenvalue weighted by Crippen LogP contribution is 2.71. The van der Waals surface area contributed by atoms with Crippen molar-refractivity contribution in [2.45, 2.75) is 106 Å². The van der Waals surface area contributed by atoms with Gasteiger partial charge in [0.05, 0.1) is 0 Å². The van der Waals surface area contributed by atoms with E-state index in [1.54, 1.807) is 0 Å². The average Bonchev–Trinajstić information content (AvgIpc) is 3.19. The van der Waals surface area contributed by atoms with Crippen molar-refractivity contribution in [1.82, 2.24) is 0 Å². The van der Waals surface area contributed by atoms with Gasteiger partial charge in [-0.3, -0.25) is 0 Å². The zero-order valence-corrected chi connectivity index (χ0v) is 24.4. The fraction of sp³-hybridized carbons (Fsp3) is 0.771. The lowest BCUT2D eigenvalue weighted by molar-refractivity contribution is -0.162. The van der Waals surface area contributed by atoms with Gasteiger partial charge in [-0.2, -0.15) is 0 Å². The highest BCUT2D eigenvalue weighted by atomic mass is 14.7. The van der Waals surface area contributed by atoms with Crippen molar-refractivity contribution in [3.8, 4) is 0 Å². The van der Waals surface area contributed by atoms with Gasteiger partial charge in [-0.15, -0.1) is 0 Å². The first-order valence-electron chi connectivity index (χ1n) is 15.5. The quantitative estimate of drug-likeness (QED) is 0.312. The third-order valence-corrected chi connectivity index (χ3v) is 13.0. The van der Waals surface area contributed by atoms with E-state index in [0.717, 1.165) is 71.8 Å². The Balaban J connectivity index is 1.27. The van der Waals surface area contributed by atoms with Crippen molar-refractivity contribution < 1.29 is 0 Å². The van der Waals surface area contributed by atoms with Crippen molar-refractivity contribution in [3.63, 3.8) is 0 Å². The second kappa shape index (κ2) is 9.81. The first kappa shape index (κ1) is 26.4. The SMILES string of the molecule is C=C(CCC(C)C1CCC2C3C(C)CC4CC(C)CCC4(C)C3CC(C)C12C)Cc1ccc(N)cc1. The van der Waals surface area contributed by atoms with Gasteiger partial charge < -0.3 is 5.73 Å². The van der Waals surface area contributed by atoms with E-state index < -0.39 is 0 Å². The average molecular weight is 490 g/mol. The molecule has 0 saturated heterocycles. The molecule has 0 bridgehead atoms. The van der Waals surface area contributed by atoms with Crippen molar-refractivity contribution in [1.29, 1.82) is 0 Å². The second-order valence-electron chi connectivity index (χ2n) is 15.0. The Kier molecular flexibility index (Phi) is 7.19. The highest BCUT2D eigenvalue weighted by molar-refractivity contribution is 5.40. The maximum absolute atomic E-state index is 5.87. The Hall–Kier alpha value is -1.24. The minimum Gasteiger partial charge on any atom is -0.399 e. The van der Waals surface area contributed by atoms with Gasteiger partial charge in [0.1, 0.15) is 0 Å². The molecule has 200 valence electrons. The minimum atomic E-state index is 0.526. The number of anilines is 1. The lowest BCUT2D eigenvalue weighted by atomic mass is 9.40. The normalized spacial score (nSPS) is 44.8. The van der Waals surface area contributed by atoms with Crippen LogP contribution in [0.5, 0.6) is 0 Å². The second-order valence-corrected chi connectivity index (χ2v) is 15.0. The van der Waals surface area contributed by atoms with E-state index in [9.17, 15) is 0 Å². The summed E-state index contributed by atoms with van der Waals surface area (Å²) in [5, 5.41) is 0. The molecule has 4 fully saturated rings. The summed E-state index contributed by atoms with van der Waals surface area (Å²) < 4.78 is 0.